The van der Waals surface area contributed by atoms with Gasteiger partial charge in [-0.1, -0.05) is 36.4 Å². The molecule has 3 atom stereocenters. The predicted octanol–water partition coefficient (Wildman–Crippen LogP) is 5.62. The fourth-order valence-electron chi connectivity index (χ4n) is 5.21. The lowest BCUT2D eigenvalue weighted by molar-refractivity contribution is -0.141. The second-order valence-electron chi connectivity index (χ2n) is 10.6. The van der Waals surface area contributed by atoms with Gasteiger partial charge in [0.15, 0.2) is 5.65 Å². The van der Waals surface area contributed by atoms with Crippen molar-refractivity contribution < 1.29 is 17.9 Å². The standard InChI is InChI=1S/C30H28F3N7O2/c1-17-12-35-26(36-13-17)21-9-10-22(21)27-37-28-25(29(41)38-27)23(16-42-15-19-6-4-3-5-7-19)39-40(28)18(2)20-8-11-24(34-14-20)30(31,32)33/h3-8,11-14,18,21-22H,9-10,15-16H2,1-2H3,(H,37,38,41)/t18-,21?,22?/m0/s1. The molecular weight excluding hydrogens is 547 g/mol. The summed E-state index contributed by atoms with van der Waals surface area (Å²) in [6.45, 7) is 4.06. The van der Waals surface area contributed by atoms with E-state index in [0.29, 0.717) is 35.2 Å². The number of nitrogens with one attached hydrogen (secondary N) is 1. The third kappa shape index (κ3) is 5.41. The molecule has 0 spiro atoms. The van der Waals surface area contributed by atoms with Crippen LogP contribution < -0.4 is 5.56 Å². The molecule has 0 radical (unpaired) electrons. The van der Waals surface area contributed by atoms with Gasteiger partial charge in [0.2, 0.25) is 0 Å². The number of pyridine rings is 1. The van der Waals surface area contributed by atoms with E-state index >= 15 is 0 Å². The summed E-state index contributed by atoms with van der Waals surface area (Å²) in [5.41, 5.74) is 1.80. The second-order valence-corrected chi connectivity index (χ2v) is 10.6. The molecule has 4 heterocycles. The Bertz CT molecular complexity index is 1750. The van der Waals surface area contributed by atoms with Crippen molar-refractivity contribution in [2.45, 2.75) is 64.0 Å². The van der Waals surface area contributed by atoms with Gasteiger partial charge in [0.05, 0.1) is 19.3 Å². The number of aromatic amines is 1. The van der Waals surface area contributed by atoms with Crippen LogP contribution in [0.5, 0.6) is 0 Å². The molecule has 1 N–H and O–H groups in total. The summed E-state index contributed by atoms with van der Waals surface area (Å²) in [7, 11) is 0. The lowest BCUT2D eigenvalue weighted by atomic mass is 9.72. The Labute approximate surface area is 238 Å². The quantitative estimate of drug-likeness (QED) is 0.256. The highest BCUT2D eigenvalue weighted by Gasteiger charge is 2.38. The zero-order valence-corrected chi connectivity index (χ0v) is 23.0. The first kappa shape index (κ1) is 27.7. The van der Waals surface area contributed by atoms with E-state index in [1.165, 1.54) is 12.3 Å². The van der Waals surface area contributed by atoms with Crippen molar-refractivity contribution in [3.63, 3.8) is 0 Å². The van der Waals surface area contributed by atoms with Gasteiger partial charge in [0.1, 0.15) is 28.4 Å². The maximum atomic E-state index is 13.5. The van der Waals surface area contributed by atoms with Gasteiger partial charge in [-0.3, -0.25) is 9.78 Å². The van der Waals surface area contributed by atoms with Crippen molar-refractivity contribution in [3.05, 3.63) is 111 Å². The van der Waals surface area contributed by atoms with Crippen LogP contribution in [-0.4, -0.2) is 34.7 Å². The minimum Gasteiger partial charge on any atom is -0.370 e. The normalized spacial score (nSPS) is 17.7. The van der Waals surface area contributed by atoms with Gasteiger partial charge in [-0.25, -0.2) is 19.6 Å². The van der Waals surface area contributed by atoms with Gasteiger partial charge in [-0.2, -0.15) is 18.3 Å². The molecular formula is C30H28F3N7O2. The summed E-state index contributed by atoms with van der Waals surface area (Å²) in [5.74, 6) is 1.12. The summed E-state index contributed by atoms with van der Waals surface area (Å²) in [5, 5.41) is 4.97. The van der Waals surface area contributed by atoms with Crippen LogP contribution in [0.4, 0.5) is 13.2 Å². The Morgan fingerprint density at radius 2 is 1.74 bits per heavy atom. The molecule has 12 heteroatoms. The Kier molecular flexibility index (Phi) is 7.31. The number of ether oxygens (including phenoxy) is 1. The predicted molar refractivity (Wildman–Crippen MR) is 148 cm³/mol. The summed E-state index contributed by atoms with van der Waals surface area (Å²) in [6, 6.07) is 11.3. The van der Waals surface area contributed by atoms with Crippen LogP contribution in [0.25, 0.3) is 11.0 Å². The van der Waals surface area contributed by atoms with Crippen molar-refractivity contribution in [1.29, 1.82) is 0 Å². The summed E-state index contributed by atoms with van der Waals surface area (Å²) >= 11 is 0. The molecule has 1 aliphatic rings. The maximum Gasteiger partial charge on any atom is 0.433 e. The van der Waals surface area contributed by atoms with Gasteiger partial charge < -0.3 is 9.72 Å². The van der Waals surface area contributed by atoms with Gasteiger partial charge in [0.25, 0.3) is 5.56 Å². The molecule has 1 fully saturated rings. The van der Waals surface area contributed by atoms with E-state index in [4.69, 9.17) is 14.8 Å². The molecule has 1 aliphatic carbocycles. The zero-order chi connectivity index (χ0) is 29.4. The third-order valence-electron chi connectivity index (χ3n) is 7.69. The average Bonchev–Trinajstić information content (AvgIpc) is 3.32. The van der Waals surface area contributed by atoms with E-state index in [-0.39, 0.29) is 29.4 Å². The lowest BCUT2D eigenvalue weighted by Crippen LogP contribution is -2.28. The zero-order valence-electron chi connectivity index (χ0n) is 23.0. The van der Waals surface area contributed by atoms with E-state index < -0.39 is 17.9 Å². The number of alkyl halides is 3. The van der Waals surface area contributed by atoms with Crippen molar-refractivity contribution in [3.8, 4) is 0 Å². The van der Waals surface area contributed by atoms with Crippen LogP contribution in [0.3, 0.4) is 0 Å². The minimum atomic E-state index is -4.55. The number of rotatable bonds is 8. The number of aromatic nitrogens is 7. The third-order valence-corrected chi connectivity index (χ3v) is 7.69. The molecule has 2 unspecified atom stereocenters. The summed E-state index contributed by atoms with van der Waals surface area (Å²) in [6.07, 6.45) is 1.84. The average molecular weight is 576 g/mol. The van der Waals surface area contributed by atoms with Gasteiger partial charge >= 0.3 is 6.18 Å². The van der Waals surface area contributed by atoms with Crippen molar-refractivity contribution in [2.24, 2.45) is 0 Å². The van der Waals surface area contributed by atoms with Crippen molar-refractivity contribution in [2.75, 3.05) is 0 Å². The number of hydrogen-bond acceptors (Lipinski definition) is 7. The van der Waals surface area contributed by atoms with E-state index in [1.807, 2.05) is 37.3 Å². The van der Waals surface area contributed by atoms with Crippen LogP contribution in [0.15, 0.2) is 65.8 Å². The van der Waals surface area contributed by atoms with Gasteiger partial charge in [0, 0.05) is 30.4 Å². The van der Waals surface area contributed by atoms with E-state index in [9.17, 15) is 18.0 Å². The van der Waals surface area contributed by atoms with Gasteiger partial charge in [-0.05, 0) is 49.4 Å². The fourth-order valence-corrected chi connectivity index (χ4v) is 5.21. The first-order valence-electron chi connectivity index (χ1n) is 13.6. The Morgan fingerprint density at radius 3 is 2.38 bits per heavy atom. The first-order chi connectivity index (χ1) is 20.2. The number of nitrogens with zero attached hydrogens (tertiary/aromatic N) is 6. The molecule has 42 heavy (non-hydrogen) atoms. The van der Waals surface area contributed by atoms with Crippen LogP contribution in [-0.2, 0) is 24.1 Å². The lowest BCUT2D eigenvalue weighted by Gasteiger charge is -2.34. The van der Waals surface area contributed by atoms with E-state index in [0.717, 1.165) is 30.0 Å². The second kappa shape index (κ2) is 11.1. The van der Waals surface area contributed by atoms with Crippen molar-refractivity contribution >= 4 is 11.0 Å². The fraction of sp³-hybridized carbons (Fsp3) is 0.333. The summed E-state index contributed by atoms with van der Waals surface area (Å²) < 4.78 is 46.8. The van der Waals surface area contributed by atoms with E-state index in [1.54, 1.807) is 24.0 Å². The number of halogens is 3. The number of aryl methyl sites for hydroxylation is 1. The molecule has 4 aromatic heterocycles. The highest BCUT2D eigenvalue weighted by molar-refractivity contribution is 5.77. The maximum absolute atomic E-state index is 13.5. The Balaban J connectivity index is 1.37. The molecule has 5 aromatic rings. The number of H-pyrrole nitrogens is 1. The molecule has 1 aromatic carbocycles. The minimum absolute atomic E-state index is 0.00721. The smallest absolute Gasteiger partial charge is 0.370 e. The largest absolute Gasteiger partial charge is 0.433 e. The number of fused-ring (bicyclic) bond motifs is 1. The van der Waals surface area contributed by atoms with Crippen molar-refractivity contribution in [1.82, 2.24) is 34.7 Å². The number of benzene rings is 1. The van der Waals surface area contributed by atoms with Gasteiger partial charge in [-0.15, -0.1) is 0 Å². The molecule has 6 rings (SSSR count). The van der Waals surface area contributed by atoms with Crippen LogP contribution in [0.1, 0.15) is 77.4 Å². The topological polar surface area (TPSA) is 111 Å². The Morgan fingerprint density at radius 1 is 1.00 bits per heavy atom. The highest BCUT2D eigenvalue weighted by atomic mass is 19.4. The monoisotopic (exact) mass is 575 g/mol. The SMILES string of the molecule is Cc1cnc(C2CCC2c2nc3c(c(COCc4ccccc4)nn3[C@@H](C)c3ccc(C(F)(F)F)nc3)c(=O)[nH]2)nc1. The molecule has 0 amide bonds. The Hall–Kier alpha value is -4.45. The molecule has 9 nitrogen and oxygen atoms in total. The molecule has 0 bridgehead atoms. The first-order valence-corrected chi connectivity index (χ1v) is 13.6. The van der Waals surface area contributed by atoms with Crippen LogP contribution in [0.2, 0.25) is 0 Å². The molecule has 216 valence electrons. The summed E-state index contributed by atoms with van der Waals surface area (Å²) in [4.78, 5) is 33.9. The van der Waals surface area contributed by atoms with Crippen LogP contribution >= 0.6 is 0 Å². The highest BCUT2D eigenvalue weighted by Crippen LogP contribution is 2.46. The molecule has 1 saturated carbocycles. The molecule has 0 aliphatic heterocycles. The van der Waals surface area contributed by atoms with Crippen LogP contribution in [0, 0.1) is 6.92 Å². The van der Waals surface area contributed by atoms with E-state index in [2.05, 4.69) is 19.9 Å². The number of hydrogen-bond donors (Lipinski definition) is 1. The molecule has 0 saturated heterocycles.